The second-order valence-corrected chi connectivity index (χ2v) is 4.03. The molecule has 0 aromatic heterocycles. The Bertz CT molecular complexity index is 371. The molecule has 82 valence electrons. The molecule has 1 atom stereocenters. The Morgan fingerprint density at radius 1 is 1.33 bits per heavy atom. The van der Waals surface area contributed by atoms with Crippen molar-refractivity contribution in [1.82, 2.24) is 0 Å². The first-order chi connectivity index (χ1) is 6.98. The first-order valence-electron chi connectivity index (χ1n) is 4.91. The van der Waals surface area contributed by atoms with Crippen molar-refractivity contribution in [2.75, 3.05) is 11.9 Å². The van der Waals surface area contributed by atoms with E-state index in [0.717, 1.165) is 11.6 Å². The number of benzene rings is 1. The Labute approximate surface area is 86.3 Å². The van der Waals surface area contributed by atoms with E-state index in [1.54, 1.807) is 6.07 Å². The van der Waals surface area contributed by atoms with Gasteiger partial charge in [-0.3, -0.25) is 0 Å². The molecule has 0 saturated heterocycles. The van der Waals surface area contributed by atoms with E-state index >= 15 is 0 Å². The Morgan fingerprint density at radius 3 is 2.73 bits per heavy atom. The largest absolute Gasteiger partial charge is 0.418 e. The van der Waals surface area contributed by atoms with Gasteiger partial charge in [-0.2, -0.15) is 13.2 Å². The predicted molar refractivity (Wildman–Crippen MR) is 52.8 cm³/mol. The van der Waals surface area contributed by atoms with Gasteiger partial charge in [0.15, 0.2) is 0 Å². The number of halogens is 3. The lowest BCUT2D eigenvalue weighted by atomic mass is 9.93. The van der Waals surface area contributed by atoms with Crippen LogP contribution in [-0.2, 0) is 12.6 Å². The van der Waals surface area contributed by atoms with Crippen molar-refractivity contribution in [1.29, 1.82) is 0 Å². The molecule has 1 aromatic carbocycles. The third kappa shape index (κ3) is 1.94. The maximum Gasteiger partial charge on any atom is 0.418 e. The number of hydrogen-bond acceptors (Lipinski definition) is 1. The molecular formula is C11H12F3N. The summed E-state index contributed by atoms with van der Waals surface area (Å²) in [5, 5.41) is 2.87. The van der Waals surface area contributed by atoms with Gasteiger partial charge in [0, 0.05) is 12.2 Å². The lowest BCUT2D eigenvalue weighted by Gasteiger charge is -2.26. The van der Waals surface area contributed by atoms with E-state index in [1.807, 2.05) is 6.92 Å². The van der Waals surface area contributed by atoms with Crippen molar-refractivity contribution in [3.05, 3.63) is 29.3 Å². The van der Waals surface area contributed by atoms with Crippen molar-refractivity contribution in [2.24, 2.45) is 5.92 Å². The Kier molecular flexibility index (Phi) is 2.37. The van der Waals surface area contributed by atoms with Crippen LogP contribution in [0.3, 0.4) is 0 Å². The summed E-state index contributed by atoms with van der Waals surface area (Å²) in [5.41, 5.74) is 0.485. The predicted octanol–water partition coefficient (Wildman–Crippen LogP) is 3.31. The van der Waals surface area contributed by atoms with Gasteiger partial charge < -0.3 is 5.32 Å². The molecule has 1 unspecified atom stereocenters. The summed E-state index contributed by atoms with van der Waals surface area (Å²) in [7, 11) is 0. The topological polar surface area (TPSA) is 12.0 Å². The number of anilines is 1. The Balaban J connectivity index is 2.47. The van der Waals surface area contributed by atoms with Crippen molar-refractivity contribution < 1.29 is 13.2 Å². The van der Waals surface area contributed by atoms with Gasteiger partial charge in [0.1, 0.15) is 0 Å². The number of rotatable bonds is 0. The molecule has 1 N–H and O–H groups in total. The molecule has 0 fully saturated rings. The number of para-hydroxylation sites is 1. The fourth-order valence-corrected chi connectivity index (χ4v) is 1.94. The molecule has 0 saturated carbocycles. The maximum absolute atomic E-state index is 12.6. The third-order valence-corrected chi connectivity index (χ3v) is 2.65. The summed E-state index contributed by atoms with van der Waals surface area (Å²) in [6.45, 7) is 2.64. The number of nitrogens with one attached hydrogen (secondary N) is 1. The van der Waals surface area contributed by atoms with E-state index in [0.29, 0.717) is 18.9 Å². The number of hydrogen-bond donors (Lipinski definition) is 1. The summed E-state index contributed by atoms with van der Waals surface area (Å²) in [6, 6.07) is 4.36. The second kappa shape index (κ2) is 3.43. The SMILES string of the molecule is CC1CNc2c(cccc2C(F)(F)F)C1. The highest BCUT2D eigenvalue weighted by molar-refractivity contribution is 5.60. The monoisotopic (exact) mass is 215 g/mol. The van der Waals surface area contributed by atoms with Gasteiger partial charge in [-0.15, -0.1) is 0 Å². The molecule has 0 radical (unpaired) electrons. The quantitative estimate of drug-likeness (QED) is 0.700. The number of fused-ring (bicyclic) bond motifs is 1. The summed E-state index contributed by atoms with van der Waals surface area (Å²) >= 11 is 0. The molecule has 1 aliphatic rings. The Hall–Kier alpha value is -1.19. The van der Waals surface area contributed by atoms with E-state index in [1.165, 1.54) is 6.07 Å². The Morgan fingerprint density at radius 2 is 2.07 bits per heavy atom. The van der Waals surface area contributed by atoms with Gasteiger partial charge in [-0.05, 0) is 24.0 Å². The van der Waals surface area contributed by atoms with Crippen LogP contribution in [0.15, 0.2) is 18.2 Å². The molecule has 0 spiro atoms. The van der Waals surface area contributed by atoms with Crippen LogP contribution in [0.25, 0.3) is 0 Å². The van der Waals surface area contributed by atoms with E-state index in [2.05, 4.69) is 5.32 Å². The first kappa shape index (κ1) is 10.3. The lowest BCUT2D eigenvalue weighted by Crippen LogP contribution is -2.23. The average Bonchev–Trinajstić information content (AvgIpc) is 2.15. The highest BCUT2D eigenvalue weighted by atomic mass is 19.4. The van der Waals surface area contributed by atoms with Crippen LogP contribution in [0.5, 0.6) is 0 Å². The minimum atomic E-state index is -4.26. The van der Waals surface area contributed by atoms with E-state index in [-0.39, 0.29) is 5.69 Å². The van der Waals surface area contributed by atoms with E-state index in [9.17, 15) is 13.2 Å². The summed E-state index contributed by atoms with van der Waals surface area (Å²) in [6.07, 6.45) is -3.55. The minimum Gasteiger partial charge on any atom is -0.384 e. The summed E-state index contributed by atoms with van der Waals surface area (Å²) < 4.78 is 37.9. The maximum atomic E-state index is 12.6. The van der Waals surface area contributed by atoms with Gasteiger partial charge in [0.2, 0.25) is 0 Å². The van der Waals surface area contributed by atoms with Crippen molar-refractivity contribution >= 4 is 5.69 Å². The fourth-order valence-electron chi connectivity index (χ4n) is 1.94. The molecule has 4 heteroatoms. The van der Waals surface area contributed by atoms with Crippen LogP contribution >= 0.6 is 0 Å². The zero-order chi connectivity index (χ0) is 11.1. The van der Waals surface area contributed by atoms with Crippen LogP contribution in [0.2, 0.25) is 0 Å². The highest BCUT2D eigenvalue weighted by Crippen LogP contribution is 2.38. The molecule has 1 nitrogen and oxygen atoms in total. The molecule has 0 bridgehead atoms. The van der Waals surface area contributed by atoms with Gasteiger partial charge in [0.25, 0.3) is 0 Å². The van der Waals surface area contributed by atoms with Gasteiger partial charge in [0.05, 0.1) is 5.56 Å². The van der Waals surface area contributed by atoms with Gasteiger partial charge >= 0.3 is 6.18 Å². The van der Waals surface area contributed by atoms with Crippen molar-refractivity contribution in [2.45, 2.75) is 19.5 Å². The molecule has 15 heavy (non-hydrogen) atoms. The summed E-state index contributed by atoms with van der Waals surface area (Å²) in [4.78, 5) is 0. The lowest BCUT2D eigenvalue weighted by molar-refractivity contribution is -0.137. The van der Waals surface area contributed by atoms with Crippen LogP contribution in [0, 0.1) is 5.92 Å². The highest BCUT2D eigenvalue weighted by Gasteiger charge is 2.35. The molecule has 0 amide bonds. The normalized spacial score (nSPS) is 20.7. The molecule has 0 aliphatic carbocycles. The van der Waals surface area contributed by atoms with Crippen molar-refractivity contribution in [3.8, 4) is 0 Å². The zero-order valence-electron chi connectivity index (χ0n) is 8.36. The second-order valence-electron chi connectivity index (χ2n) is 4.03. The van der Waals surface area contributed by atoms with Crippen LogP contribution in [0.1, 0.15) is 18.1 Å². The van der Waals surface area contributed by atoms with Crippen LogP contribution < -0.4 is 5.32 Å². The molecule has 1 heterocycles. The standard InChI is InChI=1S/C11H12F3N/c1-7-5-8-3-2-4-9(11(12,13)14)10(8)15-6-7/h2-4,7,15H,5-6H2,1H3. The fraction of sp³-hybridized carbons (Fsp3) is 0.455. The van der Waals surface area contributed by atoms with Crippen molar-refractivity contribution in [3.63, 3.8) is 0 Å². The third-order valence-electron chi connectivity index (χ3n) is 2.65. The molecule has 1 aliphatic heterocycles. The average molecular weight is 215 g/mol. The molecule has 2 rings (SSSR count). The van der Waals surface area contributed by atoms with Gasteiger partial charge in [-0.1, -0.05) is 19.1 Å². The van der Waals surface area contributed by atoms with Gasteiger partial charge in [-0.25, -0.2) is 0 Å². The smallest absolute Gasteiger partial charge is 0.384 e. The zero-order valence-corrected chi connectivity index (χ0v) is 8.36. The first-order valence-corrected chi connectivity index (χ1v) is 4.91. The molecular weight excluding hydrogens is 203 g/mol. The summed E-state index contributed by atoms with van der Waals surface area (Å²) in [5.74, 6) is 0.390. The molecule has 1 aromatic rings. The van der Waals surface area contributed by atoms with Crippen LogP contribution in [0.4, 0.5) is 18.9 Å². The van der Waals surface area contributed by atoms with Crippen LogP contribution in [-0.4, -0.2) is 6.54 Å². The minimum absolute atomic E-state index is 0.267. The van der Waals surface area contributed by atoms with E-state index in [4.69, 9.17) is 0 Å². The number of alkyl halides is 3. The van der Waals surface area contributed by atoms with E-state index < -0.39 is 11.7 Å².